The molecule has 2 aromatic heterocycles. The molecule has 0 spiro atoms. The number of nitrogens with zero attached hydrogens (tertiary/aromatic N) is 2. The maximum absolute atomic E-state index is 13.2. The zero-order chi connectivity index (χ0) is 24.1. The van der Waals surface area contributed by atoms with Crippen LogP contribution in [0.25, 0.3) is 0 Å². The molecule has 1 aliphatic carbocycles. The Kier molecular flexibility index (Phi) is 7.95. The second-order valence-electron chi connectivity index (χ2n) is 8.36. The molecule has 2 heterocycles. The smallest absolute Gasteiger partial charge is 0.333 e. The average molecular weight is 521 g/mol. The molecule has 1 aromatic carbocycles. The van der Waals surface area contributed by atoms with Gasteiger partial charge in [0.15, 0.2) is 0 Å². The van der Waals surface area contributed by atoms with Gasteiger partial charge in [0.25, 0.3) is 0 Å². The van der Waals surface area contributed by atoms with E-state index in [1.165, 1.54) is 29.4 Å². The molecular weight excluding hydrogens is 496 g/mol. The summed E-state index contributed by atoms with van der Waals surface area (Å²) in [6.07, 6.45) is 6.92. The third-order valence-electron chi connectivity index (χ3n) is 5.80. The van der Waals surface area contributed by atoms with Crippen molar-refractivity contribution in [2.45, 2.75) is 38.1 Å². The van der Waals surface area contributed by atoms with Crippen LogP contribution in [0.3, 0.4) is 0 Å². The number of nitrogens with two attached hydrogens (primary N) is 1. The molecular formula is C23H25ClN4O4S2. The van der Waals surface area contributed by atoms with Gasteiger partial charge in [-0.05, 0) is 72.7 Å². The Bertz CT molecular complexity index is 1250. The van der Waals surface area contributed by atoms with Gasteiger partial charge in [-0.3, -0.25) is 8.98 Å². The van der Waals surface area contributed by atoms with Gasteiger partial charge >= 0.3 is 10.3 Å². The minimum Gasteiger partial charge on any atom is -0.367 e. The number of hydrogen-bond donors (Lipinski definition) is 2. The molecule has 0 saturated heterocycles. The predicted octanol–water partition coefficient (Wildman–Crippen LogP) is 4.01. The van der Waals surface area contributed by atoms with Crippen LogP contribution in [0.2, 0.25) is 5.02 Å². The van der Waals surface area contributed by atoms with Crippen molar-refractivity contribution in [2.75, 3.05) is 11.9 Å². The van der Waals surface area contributed by atoms with E-state index >= 15 is 0 Å². The lowest BCUT2D eigenvalue weighted by Gasteiger charge is -2.15. The van der Waals surface area contributed by atoms with Crippen LogP contribution < -0.4 is 10.5 Å². The molecule has 0 amide bonds. The van der Waals surface area contributed by atoms with Gasteiger partial charge in [-0.15, -0.1) is 11.3 Å². The molecule has 1 aliphatic rings. The van der Waals surface area contributed by atoms with E-state index in [1.807, 2.05) is 35.7 Å². The minimum atomic E-state index is -3.95. The van der Waals surface area contributed by atoms with Crippen LogP contribution in [0.4, 0.5) is 5.82 Å². The SMILES string of the molecule is NS(=O)(=O)OC[C@@H]1CC[C@H](Nc2ncncc2C(=O)c2cc(CCc3ccc(Cl)cc3)cs2)C1. The zero-order valence-corrected chi connectivity index (χ0v) is 20.7. The number of thiophene rings is 1. The summed E-state index contributed by atoms with van der Waals surface area (Å²) in [7, 11) is -3.95. The van der Waals surface area contributed by atoms with Gasteiger partial charge in [0.1, 0.15) is 12.1 Å². The van der Waals surface area contributed by atoms with Gasteiger partial charge in [-0.2, -0.15) is 8.42 Å². The number of aromatic nitrogens is 2. The fourth-order valence-corrected chi connectivity index (χ4v) is 5.46. The summed E-state index contributed by atoms with van der Waals surface area (Å²) in [5.74, 6) is 0.421. The van der Waals surface area contributed by atoms with Gasteiger partial charge < -0.3 is 5.32 Å². The zero-order valence-electron chi connectivity index (χ0n) is 18.3. The summed E-state index contributed by atoms with van der Waals surface area (Å²) in [6, 6.07) is 9.75. The molecule has 8 nitrogen and oxygen atoms in total. The number of halogens is 1. The summed E-state index contributed by atoms with van der Waals surface area (Å²) in [5, 5.41) is 11.0. The standard InChI is InChI=1S/C23H25ClN4O4S2/c24-18-6-3-15(4-7-18)1-2-17-10-21(33-13-17)22(29)20-11-26-14-27-23(20)28-19-8-5-16(9-19)12-32-34(25,30)31/h3-4,6-7,10-11,13-14,16,19H,1-2,5,8-9,12H2,(H2,25,30,31)(H,26,27,28)/t16-,19+/m1/s1. The predicted molar refractivity (Wildman–Crippen MR) is 132 cm³/mol. The number of anilines is 1. The Morgan fingerprint density at radius 2 is 1.97 bits per heavy atom. The third kappa shape index (κ3) is 6.83. The molecule has 11 heteroatoms. The number of benzene rings is 1. The second-order valence-corrected chi connectivity index (χ2v) is 10.9. The highest BCUT2D eigenvalue weighted by molar-refractivity contribution is 7.84. The van der Waals surface area contributed by atoms with Crippen LogP contribution in [0.1, 0.15) is 45.6 Å². The maximum Gasteiger partial charge on any atom is 0.333 e. The van der Waals surface area contributed by atoms with Crippen molar-refractivity contribution in [1.29, 1.82) is 0 Å². The Morgan fingerprint density at radius 1 is 1.21 bits per heavy atom. The Balaban J connectivity index is 1.38. The first kappa shape index (κ1) is 24.7. The summed E-state index contributed by atoms with van der Waals surface area (Å²) in [5.41, 5.74) is 2.71. The Hall–Kier alpha value is -2.37. The van der Waals surface area contributed by atoms with E-state index in [-0.39, 0.29) is 24.3 Å². The van der Waals surface area contributed by atoms with Gasteiger partial charge in [0.2, 0.25) is 5.78 Å². The fraction of sp³-hybridized carbons (Fsp3) is 0.348. The van der Waals surface area contributed by atoms with Crippen molar-refractivity contribution in [3.63, 3.8) is 0 Å². The van der Waals surface area contributed by atoms with Gasteiger partial charge in [0, 0.05) is 17.3 Å². The van der Waals surface area contributed by atoms with Gasteiger partial charge in [-0.25, -0.2) is 15.1 Å². The number of hydrogen-bond acceptors (Lipinski definition) is 8. The largest absolute Gasteiger partial charge is 0.367 e. The molecule has 0 bridgehead atoms. The van der Waals surface area contributed by atoms with E-state index in [9.17, 15) is 13.2 Å². The third-order valence-corrected chi connectivity index (χ3v) is 7.49. The Morgan fingerprint density at radius 3 is 2.74 bits per heavy atom. The van der Waals surface area contributed by atoms with Crippen LogP contribution in [0, 0.1) is 5.92 Å². The van der Waals surface area contributed by atoms with Gasteiger partial charge in [0.05, 0.1) is 17.0 Å². The molecule has 0 unspecified atom stereocenters. The second kappa shape index (κ2) is 10.9. The number of ketones is 1. The minimum absolute atomic E-state index is 0.0498. The summed E-state index contributed by atoms with van der Waals surface area (Å²) in [6.45, 7) is 0.0561. The fourth-order valence-electron chi connectivity index (χ4n) is 4.05. The highest BCUT2D eigenvalue weighted by Gasteiger charge is 2.27. The monoisotopic (exact) mass is 520 g/mol. The van der Waals surface area contributed by atoms with Crippen LogP contribution in [-0.2, 0) is 27.3 Å². The van der Waals surface area contributed by atoms with Crippen LogP contribution in [-0.4, -0.2) is 36.8 Å². The number of nitrogens with one attached hydrogen (secondary N) is 1. The van der Waals surface area contributed by atoms with Crippen molar-refractivity contribution in [1.82, 2.24) is 9.97 Å². The maximum atomic E-state index is 13.2. The van der Waals surface area contributed by atoms with E-state index in [4.69, 9.17) is 20.9 Å². The van der Waals surface area contributed by atoms with E-state index in [0.717, 1.165) is 31.2 Å². The molecule has 0 aliphatic heterocycles. The lowest BCUT2D eigenvalue weighted by atomic mass is 10.1. The van der Waals surface area contributed by atoms with E-state index < -0.39 is 10.3 Å². The normalized spacial score (nSPS) is 18.2. The number of rotatable bonds is 10. The molecule has 1 saturated carbocycles. The number of carbonyl (C=O) groups excluding carboxylic acids is 1. The summed E-state index contributed by atoms with van der Waals surface area (Å²) in [4.78, 5) is 22.2. The van der Waals surface area contributed by atoms with Gasteiger partial charge in [-0.1, -0.05) is 23.7 Å². The molecule has 0 radical (unpaired) electrons. The summed E-state index contributed by atoms with van der Waals surface area (Å²) < 4.78 is 26.8. The first-order chi connectivity index (χ1) is 16.3. The lowest BCUT2D eigenvalue weighted by Crippen LogP contribution is -2.22. The van der Waals surface area contributed by atoms with Crippen molar-refractivity contribution in [3.8, 4) is 0 Å². The highest BCUT2D eigenvalue weighted by atomic mass is 35.5. The van der Waals surface area contributed by atoms with Crippen LogP contribution in [0.5, 0.6) is 0 Å². The molecule has 1 fully saturated rings. The van der Waals surface area contributed by atoms with Crippen molar-refractivity contribution in [2.24, 2.45) is 11.1 Å². The quantitative estimate of drug-likeness (QED) is 0.387. The van der Waals surface area contributed by atoms with Crippen LogP contribution in [0.15, 0.2) is 48.2 Å². The number of carbonyl (C=O) groups is 1. The van der Waals surface area contributed by atoms with E-state index in [1.54, 1.807) is 0 Å². The van der Waals surface area contributed by atoms with Crippen molar-refractivity contribution in [3.05, 3.63) is 74.8 Å². The highest BCUT2D eigenvalue weighted by Crippen LogP contribution is 2.30. The number of aryl methyl sites for hydroxylation is 2. The average Bonchev–Trinajstić information content (AvgIpc) is 3.46. The molecule has 2 atom stereocenters. The molecule has 3 aromatic rings. The van der Waals surface area contributed by atoms with Crippen molar-refractivity contribution < 1.29 is 17.4 Å². The Labute approximate surface area is 207 Å². The summed E-state index contributed by atoms with van der Waals surface area (Å²) >= 11 is 7.36. The molecule has 3 N–H and O–H groups in total. The molecule has 180 valence electrons. The molecule has 4 rings (SSSR count). The first-order valence-electron chi connectivity index (χ1n) is 10.9. The van der Waals surface area contributed by atoms with Crippen molar-refractivity contribution >= 4 is 44.8 Å². The van der Waals surface area contributed by atoms with E-state index in [0.29, 0.717) is 27.7 Å². The van der Waals surface area contributed by atoms with E-state index in [2.05, 4.69) is 15.3 Å². The lowest BCUT2D eigenvalue weighted by molar-refractivity contribution is 0.104. The van der Waals surface area contributed by atoms with Crippen LogP contribution >= 0.6 is 22.9 Å². The topological polar surface area (TPSA) is 124 Å². The first-order valence-corrected chi connectivity index (χ1v) is 13.6. The molecule has 34 heavy (non-hydrogen) atoms.